The fraction of sp³-hybridized carbons (Fsp3) is 0.143. The predicted molar refractivity (Wildman–Crippen MR) is 86.8 cm³/mol. The molecule has 110 valence electrons. The van der Waals surface area contributed by atoms with Gasteiger partial charge in [-0.15, -0.1) is 0 Å². The average Bonchev–Trinajstić information content (AvgIpc) is 2.92. The van der Waals surface area contributed by atoms with Crippen molar-refractivity contribution in [3.8, 4) is 6.07 Å². The first-order valence-corrected chi connectivity index (χ1v) is 8.12. The van der Waals surface area contributed by atoms with E-state index in [2.05, 4.69) is 31.0 Å². The number of fused-ring (bicyclic) bond motifs is 1. The molecule has 0 atom stereocenters. The van der Waals surface area contributed by atoms with Gasteiger partial charge in [0.2, 0.25) is 0 Å². The van der Waals surface area contributed by atoms with Crippen LogP contribution >= 0.6 is 27.7 Å². The molecule has 22 heavy (non-hydrogen) atoms. The molecule has 1 aromatic carbocycles. The standard InChI is InChI=1S/C14H10BrN5OS/c1-8-2-3-11(15)4-9(8)7-22-13-18-12-10(5-16)6-17-20(12)14(21)19-13/h2-4,6H,7H2,1H3,(H,18,19,21). The lowest BCUT2D eigenvalue weighted by Crippen LogP contribution is -2.19. The zero-order chi connectivity index (χ0) is 15.7. The van der Waals surface area contributed by atoms with Gasteiger partial charge in [-0.25, -0.2) is 9.78 Å². The molecule has 8 heteroatoms. The van der Waals surface area contributed by atoms with E-state index in [1.807, 2.05) is 31.2 Å². The maximum absolute atomic E-state index is 11.9. The van der Waals surface area contributed by atoms with Gasteiger partial charge in [0.15, 0.2) is 10.8 Å². The molecule has 0 fully saturated rings. The maximum Gasteiger partial charge on any atom is 0.350 e. The van der Waals surface area contributed by atoms with E-state index in [4.69, 9.17) is 5.26 Å². The molecule has 0 unspecified atom stereocenters. The van der Waals surface area contributed by atoms with Gasteiger partial charge in [-0.3, -0.25) is 4.98 Å². The van der Waals surface area contributed by atoms with E-state index in [1.165, 1.54) is 23.5 Å². The fourth-order valence-corrected chi connectivity index (χ4v) is 3.28. The summed E-state index contributed by atoms with van der Waals surface area (Å²) < 4.78 is 2.10. The number of H-pyrrole nitrogens is 1. The van der Waals surface area contributed by atoms with Crippen molar-refractivity contribution in [2.24, 2.45) is 0 Å². The zero-order valence-electron chi connectivity index (χ0n) is 11.5. The largest absolute Gasteiger partial charge is 0.350 e. The lowest BCUT2D eigenvalue weighted by Gasteiger charge is -2.06. The van der Waals surface area contributed by atoms with Gasteiger partial charge in [-0.1, -0.05) is 33.8 Å². The number of benzene rings is 1. The van der Waals surface area contributed by atoms with Gasteiger partial charge in [0.1, 0.15) is 11.6 Å². The predicted octanol–water partition coefficient (Wildman–Crippen LogP) is 2.65. The van der Waals surface area contributed by atoms with Gasteiger partial charge >= 0.3 is 5.69 Å². The highest BCUT2D eigenvalue weighted by molar-refractivity contribution is 9.10. The van der Waals surface area contributed by atoms with Crippen molar-refractivity contribution in [2.45, 2.75) is 17.8 Å². The molecular formula is C14H10BrN5OS. The van der Waals surface area contributed by atoms with Crippen LogP contribution in [0.15, 0.2) is 38.8 Å². The summed E-state index contributed by atoms with van der Waals surface area (Å²) in [5.74, 6) is 0.667. The number of nitriles is 1. The van der Waals surface area contributed by atoms with Crippen molar-refractivity contribution in [3.05, 3.63) is 56.0 Å². The second kappa shape index (κ2) is 5.94. The minimum atomic E-state index is -0.403. The highest BCUT2D eigenvalue weighted by Gasteiger charge is 2.10. The Morgan fingerprint density at radius 3 is 3.09 bits per heavy atom. The third-order valence-electron chi connectivity index (χ3n) is 3.15. The van der Waals surface area contributed by atoms with Crippen LogP contribution in [0.1, 0.15) is 16.7 Å². The van der Waals surface area contributed by atoms with Crippen LogP contribution in [-0.2, 0) is 5.75 Å². The van der Waals surface area contributed by atoms with E-state index in [0.717, 1.165) is 14.6 Å². The van der Waals surface area contributed by atoms with E-state index >= 15 is 0 Å². The van der Waals surface area contributed by atoms with Crippen LogP contribution in [0.3, 0.4) is 0 Å². The molecule has 0 spiro atoms. The summed E-state index contributed by atoms with van der Waals surface area (Å²) in [6.45, 7) is 2.03. The Hall–Kier alpha value is -2.11. The van der Waals surface area contributed by atoms with Gasteiger partial charge < -0.3 is 0 Å². The van der Waals surface area contributed by atoms with Crippen molar-refractivity contribution in [1.29, 1.82) is 5.26 Å². The van der Waals surface area contributed by atoms with Gasteiger partial charge in [0, 0.05) is 10.2 Å². The normalized spacial score (nSPS) is 10.8. The molecule has 0 saturated heterocycles. The Kier molecular flexibility index (Phi) is 4.00. The number of aromatic amines is 1. The SMILES string of the molecule is Cc1ccc(Br)cc1CSc1nc2c(C#N)cnn2c(=O)[nH]1. The number of nitrogens with one attached hydrogen (secondary N) is 1. The number of rotatable bonds is 3. The number of halogens is 1. The lowest BCUT2D eigenvalue weighted by atomic mass is 10.1. The molecule has 0 aliphatic carbocycles. The topological polar surface area (TPSA) is 86.8 Å². The summed E-state index contributed by atoms with van der Waals surface area (Å²) in [7, 11) is 0. The van der Waals surface area contributed by atoms with E-state index in [-0.39, 0.29) is 11.2 Å². The molecule has 0 aliphatic rings. The average molecular weight is 376 g/mol. The number of aryl methyl sites for hydroxylation is 1. The Bertz CT molecular complexity index is 956. The van der Waals surface area contributed by atoms with Crippen LogP contribution in [0, 0.1) is 18.3 Å². The summed E-state index contributed by atoms with van der Waals surface area (Å²) in [6, 6.07) is 8.04. The molecule has 0 radical (unpaired) electrons. The quantitative estimate of drug-likeness (QED) is 0.711. The Morgan fingerprint density at radius 2 is 2.32 bits per heavy atom. The van der Waals surface area contributed by atoms with E-state index in [9.17, 15) is 4.79 Å². The van der Waals surface area contributed by atoms with Crippen LogP contribution in [0.4, 0.5) is 0 Å². The fourth-order valence-electron chi connectivity index (χ4n) is 1.96. The van der Waals surface area contributed by atoms with Crippen LogP contribution in [0.5, 0.6) is 0 Å². The number of hydrogen-bond donors (Lipinski definition) is 1. The van der Waals surface area contributed by atoms with Gasteiger partial charge in [-0.2, -0.15) is 14.9 Å². The Balaban J connectivity index is 1.93. The molecule has 2 aromatic heterocycles. The number of nitrogens with zero attached hydrogens (tertiary/aromatic N) is 4. The Labute approximate surface area is 138 Å². The van der Waals surface area contributed by atoms with Crippen molar-refractivity contribution in [1.82, 2.24) is 19.6 Å². The molecule has 3 rings (SSSR count). The highest BCUT2D eigenvalue weighted by atomic mass is 79.9. The van der Waals surface area contributed by atoms with Crippen LogP contribution in [0.2, 0.25) is 0 Å². The van der Waals surface area contributed by atoms with E-state index in [1.54, 1.807) is 0 Å². The second-order valence-corrected chi connectivity index (χ2v) is 6.49. The lowest BCUT2D eigenvalue weighted by molar-refractivity contribution is 0.786. The number of thioether (sulfide) groups is 1. The Morgan fingerprint density at radius 1 is 1.50 bits per heavy atom. The first-order chi connectivity index (χ1) is 10.6. The van der Waals surface area contributed by atoms with Crippen LogP contribution < -0.4 is 5.69 Å². The van der Waals surface area contributed by atoms with Gasteiger partial charge in [0.05, 0.1) is 6.20 Å². The molecule has 0 amide bonds. The molecular weight excluding hydrogens is 366 g/mol. The van der Waals surface area contributed by atoms with Crippen molar-refractivity contribution < 1.29 is 0 Å². The maximum atomic E-state index is 11.9. The molecule has 0 saturated carbocycles. The summed E-state index contributed by atoms with van der Waals surface area (Å²) in [5.41, 5.74) is 2.48. The summed E-state index contributed by atoms with van der Waals surface area (Å²) >= 11 is 4.86. The number of aromatic nitrogens is 4. The van der Waals surface area contributed by atoms with E-state index < -0.39 is 5.69 Å². The first-order valence-electron chi connectivity index (χ1n) is 6.34. The minimum Gasteiger partial charge on any atom is -0.285 e. The summed E-state index contributed by atoms with van der Waals surface area (Å²) in [6.07, 6.45) is 1.34. The van der Waals surface area contributed by atoms with Crippen molar-refractivity contribution in [2.75, 3.05) is 0 Å². The third kappa shape index (κ3) is 2.77. The zero-order valence-corrected chi connectivity index (χ0v) is 13.9. The molecule has 0 bridgehead atoms. The molecule has 2 heterocycles. The van der Waals surface area contributed by atoms with Crippen LogP contribution in [-0.4, -0.2) is 19.6 Å². The second-order valence-electron chi connectivity index (χ2n) is 4.61. The van der Waals surface area contributed by atoms with Gasteiger partial charge in [-0.05, 0) is 30.2 Å². The van der Waals surface area contributed by atoms with Gasteiger partial charge in [0.25, 0.3) is 0 Å². The first kappa shape index (κ1) is 14.8. The molecule has 0 aliphatic heterocycles. The highest BCUT2D eigenvalue weighted by Crippen LogP contribution is 2.24. The van der Waals surface area contributed by atoms with E-state index in [0.29, 0.717) is 10.9 Å². The van der Waals surface area contributed by atoms with Crippen molar-refractivity contribution >= 4 is 33.3 Å². The number of hydrogen-bond acceptors (Lipinski definition) is 5. The molecule has 3 aromatic rings. The molecule has 1 N–H and O–H groups in total. The third-order valence-corrected chi connectivity index (χ3v) is 4.57. The van der Waals surface area contributed by atoms with Crippen molar-refractivity contribution in [3.63, 3.8) is 0 Å². The summed E-state index contributed by atoms with van der Waals surface area (Å²) in [4.78, 5) is 18.9. The monoisotopic (exact) mass is 375 g/mol. The summed E-state index contributed by atoms with van der Waals surface area (Å²) in [5, 5.41) is 13.3. The molecule has 6 nitrogen and oxygen atoms in total. The van der Waals surface area contributed by atoms with Crippen LogP contribution in [0.25, 0.3) is 5.65 Å². The smallest absolute Gasteiger partial charge is 0.285 e. The minimum absolute atomic E-state index is 0.278.